The second-order valence-electron chi connectivity index (χ2n) is 4.70. The number of anilines is 1. The van der Waals surface area contributed by atoms with E-state index in [1.165, 1.54) is 12.1 Å². The van der Waals surface area contributed by atoms with Gasteiger partial charge in [-0.05, 0) is 18.2 Å². The quantitative estimate of drug-likeness (QED) is 0.795. The van der Waals surface area contributed by atoms with Gasteiger partial charge in [-0.2, -0.15) is 11.8 Å². The molecule has 0 aromatic heterocycles. The van der Waals surface area contributed by atoms with Gasteiger partial charge in [-0.3, -0.25) is 4.79 Å². The molecule has 98 valence electrons. The van der Waals surface area contributed by atoms with E-state index < -0.39 is 5.82 Å². The van der Waals surface area contributed by atoms with Crippen LogP contribution in [0, 0.1) is 5.82 Å². The SMILES string of the molecule is CC1CN(C(=O)c2ccc(N)c(F)c2)CC(C)S1. The highest BCUT2D eigenvalue weighted by Gasteiger charge is 2.26. The van der Waals surface area contributed by atoms with E-state index in [1.807, 2.05) is 11.8 Å². The maximum atomic E-state index is 13.4. The van der Waals surface area contributed by atoms with Gasteiger partial charge >= 0.3 is 0 Å². The smallest absolute Gasteiger partial charge is 0.254 e. The number of thioether (sulfide) groups is 1. The van der Waals surface area contributed by atoms with Crippen LogP contribution in [0.15, 0.2) is 18.2 Å². The van der Waals surface area contributed by atoms with Crippen molar-refractivity contribution in [1.29, 1.82) is 0 Å². The van der Waals surface area contributed by atoms with Gasteiger partial charge in [0.2, 0.25) is 0 Å². The Labute approximate surface area is 111 Å². The lowest BCUT2D eigenvalue weighted by atomic mass is 10.1. The fourth-order valence-corrected chi connectivity index (χ4v) is 3.51. The Hall–Kier alpha value is -1.23. The molecule has 0 spiro atoms. The topological polar surface area (TPSA) is 46.3 Å². The fraction of sp³-hybridized carbons (Fsp3) is 0.462. The van der Waals surface area contributed by atoms with Crippen LogP contribution < -0.4 is 5.73 Å². The van der Waals surface area contributed by atoms with Crippen LogP contribution in [0.25, 0.3) is 0 Å². The molecule has 3 nitrogen and oxygen atoms in total. The predicted octanol–water partition coefficient (Wildman–Crippen LogP) is 2.37. The molecule has 1 aliphatic rings. The van der Waals surface area contributed by atoms with E-state index >= 15 is 0 Å². The van der Waals surface area contributed by atoms with Crippen molar-refractivity contribution in [3.8, 4) is 0 Å². The second kappa shape index (κ2) is 5.18. The standard InChI is InChI=1S/C13H17FN2OS/c1-8-6-16(7-9(2)18-8)13(17)10-3-4-12(15)11(14)5-10/h3-5,8-9H,6-7,15H2,1-2H3. The molecule has 0 saturated carbocycles. The van der Waals surface area contributed by atoms with Gasteiger partial charge in [0, 0.05) is 29.2 Å². The molecule has 1 amide bonds. The molecule has 18 heavy (non-hydrogen) atoms. The van der Waals surface area contributed by atoms with Crippen LogP contribution in [0.2, 0.25) is 0 Å². The summed E-state index contributed by atoms with van der Waals surface area (Å²) in [5.74, 6) is -0.652. The zero-order chi connectivity index (χ0) is 13.3. The summed E-state index contributed by atoms with van der Waals surface area (Å²) in [7, 11) is 0. The zero-order valence-electron chi connectivity index (χ0n) is 10.5. The number of carbonyl (C=O) groups is 1. The summed E-state index contributed by atoms with van der Waals surface area (Å²) >= 11 is 1.88. The van der Waals surface area contributed by atoms with Gasteiger partial charge in [0.15, 0.2) is 0 Å². The second-order valence-corrected chi connectivity index (χ2v) is 6.59. The van der Waals surface area contributed by atoms with Crippen LogP contribution in [0.5, 0.6) is 0 Å². The number of carbonyl (C=O) groups excluding carboxylic acids is 1. The van der Waals surface area contributed by atoms with Crippen LogP contribution in [-0.2, 0) is 0 Å². The maximum absolute atomic E-state index is 13.4. The molecule has 1 saturated heterocycles. The van der Waals surface area contributed by atoms with Crippen LogP contribution >= 0.6 is 11.8 Å². The van der Waals surface area contributed by atoms with Gasteiger partial charge in [-0.25, -0.2) is 4.39 Å². The average molecular weight is 268 g/mol. The Bertz CT molecular complexity index is 456. The number of nitrogens with two attached hydrogens (primary N) is 1. The van der Waals surface area contributed by atoms with Crippen molar-refractivity contribution in [2.24, 2.45) is 0 Å². The van der Waals surface area contributed by atoms with Crippen LogP contribution in [0.3, 0.4) is 0 Å². The number of amides is 1. The van der Waals surface area contributed by atoms with Gasteiger partial charge < -0.3 is 10.6 Å². The molecule has 1 aromatic carbocycles. The lowest BCUT2D eigenvalue weighted by molar-refractivity contribution is 0.0753. The molecule has 2 N–H and O–H groups in total. The molecule has 0 aliphatic carbocycles. The van der Waals surface area contributed by atoms with Gasteiger partial charge in [-0.1, -0.05) is 13.8 Å². The van der Waals surface area contributed by atoms with Gasteiger partial charge in [0.1, 0.15) is 5.82 Å². The third kappa shape index (κ3) is 2.77. The highest BCUT2D eigenvalue weighted by Crippen LogP contribution is 2.26. The lowest BCUT2D eigenvalue weighted by Gasteiger charge is -2.34. The van der Waals surface area contributed by atoms with Crippen molar-refractivity contribution >= 4 is 23.4 Å². The molecule has 2 atom stereocenters. The fourth-order valence-electron chi connectivity index (χ4n) is 2.19. The van der Waals surface area contributed by atoms with Crippen molar-refractivity contribution in [3.05, 3.63) is 29.6 Å². The maximum Gasteiger partial charge on any atom is 0.254 e. The molecule has 0 bridgehead atoms. The first-order chi connectivity index (χ1) is 8.47. The highest BCUT2D eigenvalue weighted by atomic mass is 32.2. The van der Waals surface area contributed by atoms with Gasteiger partial charge in [-0.15, -0.1) is 0 Å². The summed E-state index contributed by atoms with van der Waals surface area (Å²) in [6.07, 6.45) is 0. The monoisotopic (exact) mass is 268 g/mol. The molecule has 2 unspecified atom stereocenters. The lowest BCUT2D eigenvalue weighted by Crippen LogP contribution is -2.44. The largest absolute Gasteiger partial charge is 0.396 e. The molecule has 1 aliphatic heterocycles. The van der Waals surface area contributed by atoms with E-state index in [1.54, 1.807) is 11.0 Å². The third-order valence-electron chi connectivity index (χ3n) is 2.95. The van der Waals surface area contributed by atoms with E-state index in [9.17, 15) is 9.18 Å². The number of nitrogens with zero attached hydrogens (tertiary/aromatic N) is 1. The molecule has 2 rings (SSSR count). The normalized spacial score (nSPS) is 24.1. The number of nitrogen functional groups attached to an aromatic ring is 1. The van der Waals surface area contributed by atoms with E-state index in [0.29, 0.717) is 29.2 Å². The van der Waals surface area contributed by atoms with E-state index in [-0.39, 0.29) is 11.6 Å². The Morgan fingerprint density at radius 3 is 2.56 bits per heavy atom. The number of hydrogen-bond acceptors (Lipinski definition) is 3. The Kier molecular flexibility index (Phi) is 3.80. The number of halogens is 1. The molecule has 0 radical (unpaired) electrons. The minimum atomic E-state index is -0.534. The first kappa shape index (κ1) is 13.2. The van der Waals surface area contributed by atoms with Crippen molar-refractivity contribution < 1.29 is 9.18 Å². The highest BCUT2D eigenvalue weighted by molar-refractivity contribution is 8.00. The number of hydrogen-bond donors (Lipinski definition) is 1. The van der Waals surface area contributed by atoms with Gasteiger partial charge in [0.05, 0.1) is 5.69 Å². The minimum Gasteiger partial charge on any atom is -0.396 e. The molecule has 5 heteroatoms. The van der Waals surface area contributed by atoms with Crippen LogP contribution in [0.1, 0.15) is 24.2 Å². The van der Waals surface area contributed by atoms with Crippen molar-refractivity contribution in [2.45, 2.75) is 24.3 Å². The Balaban J connectivity index is 2.17. The average Bonchev–Trinajstić information content (AvgIpc) is 2.30. The molecule has 1 heterocycles. The summed E-state index contributed by atoms with van der Waals surface area (Å²) in [6.45, 7) is 5.62. The van der Waals surface area contributed by atoms with Crippen LogP contribution in [0.4, 0.5) is 10.1 Å². The Morgan fingerprint density at radius 2 is 2.00 bits per heavy atom. The summed E-state index contributed by atoms with van der Waals surface area (Å²) in [5.41, 5.74) is 5.85. The van der Waals surface area contributed by atoms with E-state index in [2.05, 4.69) is 13.8 Å². The summed E-state index contributed by atoms with van der Waals surface area (Å²) in [4.78, 5) is 14.1. The first-order valence-electron chi connectivity index (χ1n) is 5.97. The molecule has 1 aromatic rings. The van der Waals surface area contributed by atoms with Gasteiger partial charge in [0.25, 0.3) is 5.91 Å². The van der Waals surface area contributed by atoms with E-state index in [4.69, 9.17) is 5.73 Å². The first-order valence-corrected chi connectivity index (χ1v) is 6.91. The molecular formula is C13H17FN2OS. The summed E-state index contributed by atoms with van der Waals surface area (Å²) in [6, 6.07) is 4.24. The van der Waals surface area contributed by atoms with Crippen molar-refractivity contribution in [3.63, 3.8) is 0 Å². The summed E-state index contributed by atoms with van der Waals surface area (Å²) in [5, 5.41) is 0.827. The number of benzene rings is 1. The zero-order valence-corrected chi connectivity index (χ0v) is 11.3. The summed E-state index contributed by atoms with van der Waals surface area (Å²) < 4.78 is 13.4. The number of rotatable bonds is 1. The third-order valence-corrected chi connectivity index (χ3v) is 4.18. The Morgan fingerprint density at radius 1 is 1.39 bits per heavy atom. The minimum absolute atomic E-state index is 0.0717. The molecular weight excluding hydrogens is 251 g/mol. The predicted molar refractivity (Wildman–Crippen MR) is 73.2 cm³/mol. The van der Waals surface area contributed by atoms with Crippen molar-refractivity contribution in [2.75, 3.05) is 18.8 Å². The van der Waals surface area contributed by atoms with Crippen molar-refractivity contribution in [1.82, 2.24) is 4.90 Å². The van der Waals surface area contributed by atoms with E-state index in [0.717, 1.165) is 0 Å². The molecule has 1 fully saturated rings. The van der Waals surface area contributed by atoms with Crippen LogP contribution in [-0.4, -0.2) is 34.4 Å².